The molecule has 9 heavy (non-hydrogen) atoms. The number of hydrogen-bond acceptors (Lipinski definition) is 1. The van der Waals surface area contributed by atoms with Gasteiger partial charge in [0.15, 0.2) is 0 Å². The van der Waals surface area contributed by atoms with Crippen LogP contribution in [-0.2, 0) is 0 Å². The van der Waals surface area contributed by atoms with Crippen molar-refractivity contribution in [2.45, 2.75) is 13.8 Å². The Morgan fingerprint density at radius 2 is 2.22 bits per heavy atom. The van der Waals surface area contributed by atoms with Gasteiger partial charge in [-0.05, 0) is 19.3 Å². The smallest absolute Gasteiger partial charge is 0.0926 e. The van der Waals surface area contributed by atoms with Gasteiger partial charge < -0.3 is 4.90 Å². The monoisotopic (exact) mass is 125 g/mol. The zero-order valence-corrected chi connectivity index (χ0v) is 6.02. The predicted molar refractivity (Wildman–Crippen MR) is 38.4 cm³/mol. The Kier molecular flexibility index (Phi) is 1.74. The third kappa shape index (κ3) is 1.23. The number of likely N-dealkylation sites (tertiary alicyclic amines) is 1. The highest BCUT2D eigenvalue weighted by atomic mass is 15.2. The average Bonchev–Trinajstić information content (AvgIpc) is 1.61. The van der Waals surface area contributed by atoms with E-state index in [1.165, 1.54) is 0 Å². The second-order valence-corrected chi connectivity index (χ2v) is 2.58. The summed E-state index contributed by atoms with van der Waals surface area (Å²) in [5, 5.41) is 7.23. The van der Waals surface area contributed by atoms with Crippen molar-refractivity contribution in [3.63, 3.8) is 0 Å². The lowest BCUT2D eigenvalue weighted by molar-refractivity contribution is 0.214. The molecular formula is C7H13N2. The van der Waals surface area contributed by atoms with Crippen LogP contribution in [0, 0.1) is 17.7 Å². The molecule has 0 amide bonds. The number of amidine groups is 1. The molecule has 0 saturated carbocycles. The fourth-order valence-corrected chi connectivity index (χ4v) is 0.997. The number of nitrogens with zero attached hydrogens (tertiary/aromatic N) is 1. The van der Waals surface area contributed by atoms with Crippen molar-refractivity contribution >= 4 is 5.84 Å². The van der Waals surface area contributed by atoms with E-state index < -0.39 is 0 Å². The first-order valence-corrected chi connectivity index (χ1v) is 3.33. The lowest BCUT2D eigenvalue weighted by Crippen LogP contribution is -2.48. The van der Waals surface area contributed by atoms with E-state index in [4.69, 9.17) is 5.41 Å². The lowest BCUT2D eigenvalue weighted by Gasteiger charge is -2.39. The Morgan fingerprint density at radius 1 is 1.67 bits per heavy atom. The van der Waals surface area contributed by atoms with Crippen molar-refractivity contribution in [2.24, 2.45) is 5.92 Å². The van der Waals surface area contributed by atoms with Crippen molar-refractivity contribution in [3.05, 3.63) is 6.42 Å². The molecule has 0 spiro atoms. The van der Waals surface area contributed by atoms with E-state index in [0.717, 1.165) is 19.0 Å². The van der Waals surface area contributed by atoms with E-state index in [9.17, 15) is 0 Å². The first kappa shape index (κ1) is 6.59. The molecule has 1 aliphatic rings. The summed E-state index contributed by atoms with van der Waals surface area (Å²) in [4.78, 5) is 2.07. The van der Waals surface area contributed by atoms with Crippen molar-refractivity contribution < 1.29 is 0 Å². The molecule has 0 bridgehead atoms. The van der Waals surface area contributed by atoms with Gasteiger partial charge in [-0.25, -0.2) is 0 Å². The zero-order chi connectivity index (χ0) is 6.85. The molecule has 2 heteroatoms. The van der Waals surface area contributed by atoms with Crippen LogP contribution in [0.3, 0.4) is 0 Å². The van der Waals surface area contributed by atoms with E-state index in [-0.39, 0.29) is 0 Å². The Balaban J connectivity index is 2.19. The molecule has 0 aromatic heterocycles. The first-order valence-electron chi connectivity index (χ1n) is 3.33. The van der Waals surface area contributed by atoms with Gasteiger partial charge in [0.1, 0.15) is 0 Å². The minimum Gasteiger partial charge on any atom is -0.360 e. The van der Waals surface area contributed by atoms with Gasteiger partial charge in [0.2, 0.25) is 0 Å². The van der Waals surface area contributed by atoms with E-state index in [0.29, 0.717) is 5.84 Å². The summed E-state index contributed by atoms with van der Waals surface area (Å²) >= 11 is 0. The van der Waals surface area contributed by atoms with Gasteiger partial charge in [0.05, 0.1) is 5.84 Å². The summed E-state index contributed by atoms with van der Waals surface area (Å²) in [6.45, 7) is 6.05. The fourth-order valence-electron chi connectivity index (χ4n) is 0.997. The highest BCUT2D eigenvalue weighted by Crippen LogP contribution is 2.16. The van der Waals surface area contributed by atoms with Crippen LogP contribution in [0.4, 0.5) is 0 Å². The third-order valence-corrected chi connectivity index (χ3v) is 1.86. The first-order chi connectivity index (χ1) is 4.24. The molecule has 1 radical (unpaired) electrons. The van der Waals surface area contributed by atoms with E-state index in [1.54, 1.807) is 0 Å². The van der Waals surface area contributed by atoms with Crippen LogP contribution >= 0.6 is 0 Å². The fraction of sp³-hybridized carbons (Fsp3) is 0.714. The van der Waals surface area contributed by atoms with E-state index >= 15 is 0 Å². The van der Waals surface area contributed by atoms with Crippen molar-refractivity contribution in [3.8, 4) is 0 Å². The van der Waals surface area contributed by atoms with Gasteiger partial charge in [-0.15, -0.1) is 0 Å². The molecular weight excluding hydrogens is 112 g/mol. The third-order valence-electron chi connectivity index (χ3n) is 1.86. The quantitative estimate of drug-likeness (QED) is 0.413. The standard InChI is InChI=1S/C7H13N2/c1-3-7-4-9(5-7)6(2)8/h3,7-8H,4-5H2,1-2H3. The van der Waals surface area contributed by atoms with Crippen LogP contribution in [-0.4, -0.2) is 23.8 Å². The summed E-state index contributed by atoms with van der Waals surface area (Å²) in [5.74, 6) is 1.44. The summed E-state index contributed by atoms with van der Waals surface area (Å²) < 4.78 is 0. The lowest BCUT2D eigenvalue weighted by atomic mass is 9.97. The summed E-state index contributed by atoms with van der Waals surface area (Å²) in [6.07, 6.45) is 2.21. The van der Waals surface area contributed by atoms with Gasteiger partial charge in [-0.2, -0.15) is 0 Å². The van der Waals surface area contributed by atoms with E-state index in [2.05, 4.69) is 18.2 Å². The van der Waals surface area contributed by atoms with Gasteiger partial charge in [-0.1, -0.05) is 6.92 Å². The zero-order valence-electron chi connectivity index (χ0n) is 6.02. The maximum Gasteiger partial charge on any atom is 0.0926 e. The average molecular weight is 125 g/mol. The molecule has 0 atom stereocenters. The minimum absolute atomic E-state index is 0.702. The van der Waals surface area contributed by atoms with Crippen LogP contribution in [0.2, 0.25) is 0 Å². The van der Waals surface area contributed by atoms with Gasteiger partial charge in [0, 0.05) is 13.1 Å². The van der Waals surface area contributed by atoms with Crippen molar-refractivity contribution in [1.29, 1.82) is 5.41 Å². The molecule has 1 aliphatic heterocycles. The normalized spacial score (nSPS) is 19.6. The number of nitrogens with one attached hydrogen (secondary N) is 1. The minimum atomic E-state index is 0.702. The summed E-state index contributed by atoms with van der Waals surface area (Å²) in [6, 6.07) is 0. The second kappa shape index (κ2) is 2.38. The van der Waals surface area contributed by atoms with E-state index in [1.807, 2.05) is 6.92 Å². The largest absolute Gasteiger partial charge is 0.360 e. The van der Waals surface area contributed by atoms with Gasteiger partial charge in [-0.3, -0.25) is 5.41 Å². The van der Waals surface area contributed by atoms with Crippen LogP contribution in [0.25, 0.3) is 0 Å². The Labute approximate surface area is 56.4 Å². The Hall–Kier alpha value is -0.530. The second-order valence-electron chi connectivity index (χ2n) is 2.58. The van der Waals surface area contributed by atoms with Gasteiger partial charge >= 0.3 is 0 Å². The molecule has 51 valence electrons. The molecule has 2 nitrogen and oxygen atoms in total. The summed E-state index contributed by atoms with van der Waals surface area (Å²) in [7, 11) is 0. The molecule has 1 saturated heterocycles. The highest BCUT2D eigenvalue weighted by molar-refractivity contribution is 5.77. The van der Waals surface area contributed by atoms with Crippen LogP contribution in [0.15, 0.2) is 0 Å². The van der Waals surface area contributed by atoms with Crippen LogP contribution < -0.4 is 0 Å². The molecule has 0 aromatic rings. The number of rotatable bonds is 1. The Morgan fingerprint density at radius 3 is 2.56 bits per heavy atom. The van der Waals surface area contributed by atoms with Crippen LogP contribution in [0.5, 0.6) is 0 Å². The maximum absolute atomic E-state index is 7.23. The predicted octanol–water partition coefficient (Wildman–Crippen LogP) is 1.14. The SMILES string of the molecule is C[CH]C1CN(C(C)=N)C1. The van der Waals surface area contributed by atoms with Crippen LogP contribution in [0.1, 0.15) is 13.8 Å². The molecule has 1 fully saturated rings. The molecule has 0 unspecified atom stereocenters. The molecule has 1 rings (SSSR count). The number of hydrogen-bond donors (Lipinski definition) is 1. The summed E-state index contributed by atoms with van der Waals surface area (Å²) in [5.41, 5.74) is 0. The molecule has 0 aliphatic carbocycles. The van der Waals surface area contributed by atoms with Crippen molar-refractivity contribution in [1.82, 2.24) is 4.90 Å². The molecule has 1 heterocycles. The molecule has 1 N–H and O–H groups in total. The van der Waals surface area contributed by atoms with Crippen molar-refractivity contribution in [2.75, 3.05) is 13.1 Å². The maximum atomic E-state index is 7.23. The Bertz CT molecular complexity index is 114. The molecule has 0 aromatic carbocycles. The van der Waals surface area contributed by atoms with Gasteiger partial charge in [0.25, 0.3) is 0 Å². The highest BCUT2D eigenvalue weighted by Gasteiger charge is 2.24. The topological polar surface area (TPSA) is 27.1 Å².